The number of nitrogens with one attached hydrogen (secondary N) is 2. The molecule has 6 rings (SSSR count). The number of carbonyl (C=O) groups is 2. The molecule has 4 aromatic rings. The fraction of sp³-hybridized carbons (Fsp3) is 0.281. The van der Waals surface area contributed by atoms with Crippen LogP contribution in [-0.2, 0) is 11.3 Å². The topological polar surface area (TPSA) is 103 Å². The number of benzene rings is 2. The molecule has 2 amide bonds. The Bertz CT molecular complexity index is 1660. The highest BCUT2D eigenvalue weighted by molar-refractivity contribution is 8.18. The highest BCUT2D eigenvalue weighted by Gasteiger charge is 2.26. The Morgan fingerprint density at radius 2 is 1.88 bits per heavy atom. The van der Waals surface area contributed by atoms with Crippen molar-refractivity contribution in [1.82, 2.24) is 25.6 Å². The van der Waals surface area contributed by atoms with E-state index in [0.29, 0.717) is 29.0 Å². The molecule has 2 aliphatic rings. The minimum absolute atomic E-state index is 0.351. The smallest absolute Gasteiger partial charge is 0.290 e. The molecular formula is C32H33N7O2S. The van der Waals surface area contributed by atoms with E-state index in [9.17, 15) is 9.59 Å². The number of rotatable bonds is 8. The van der Waals surface area contributed by atoms with Crippen molar-refractivity contribution in [2.24, 2.45) is 5.92 Å². The van der Waals surface area contributed by atoms with Crippen LogP contribution in [0.4, 0.5) is 16.4 Å². The summed E-state index contributed by atoms with van der Waals surface area (Å²) in [6.07, 6.45) is 5.39. The number of imide groups is 1. The number of fused-ring (bicyclic) bond motifs is 1. The van der Waals surface area contributed by atoms with Crippen molar-refractivity contribution < 1.29 is 9.59 Å². The van der Waals surface area contributed by atoms with E-state index in [0.717, 1.165) is 66.9 Å². The average molecular weight is 580 g/mol. The number of aromatic nitrogens is 3. The number of amides is 2. The summed E-state index contributed by atoms with van der Waals surface area (Å²) in [5.41, 5.74) is 4.93. The molecule has 0 spiro atoms. The second-order valence-corrected chi connectivity index (χ2v) is 11.8. The maximum absolute atomic E-state index is 11.9. The van der Waals surface area contributed by atoms with Gasteiger partial charge >= 0.3 is 0 Å². The third-order valence-corrected chi connectivity index (χ3v) is 8.50. The van der Waals surface area contributed by atoms with Crippen LogP contribution in [0.15, 0.2) is 71.8 Å². The lowest BCUT2D eigenvalue weighted by Gasteiger charge is -2.32. The fourth-order valence-corrected chi connectivity index (χ4v) is 6.05. The zero-order valence-electron chi connectivity index (χ0n) is 23.7. The van der Waals surface area contributed by atoms with Gasteiger partial charge < -0.3 is 15.1 Å². The molecule has 2 aliphatic heterocycles. The predicted octanol–water partition coefficient (Wildman–Crippen LogP) is 5.09. The Hall–Kier alpha value is -4.28. The van der Waals surface area contributed by atoms with Gasteiger partial charge in [-0.25, -0.2) is 9.97 Å². The molecule has 9 nitrogen and oxygen atoms in total. The maximum atomic E-state index is 11.9. The Morgan fingerprint density at radius 1 is 1.05 bits per heavy atom. The van der Waals surface area contributed by atoms with E-state index in [-0.39, 0.29) is 11.1 Å². The van der Waals surface area contributed by atoms with Gasteiger partial charge in [-0.05, 0) is 72.8 Å². The number of piperidine rings is 1. The highest BCUT2D eigenvalue weighted by atomic mass is 32.2. The number of carbonyl (C=O) groups excluding carboxylic acids is 2. The van der Waals surface area contributed by atoms with Gasteiger partial charge in [0.25, 0.3) is 11.1 Å². The molecule has 42 heavy (non-hydrogen) atoms. The first-order chi connectivity index (χ1) is 20.4. The number of nitrogens with zero attached hydrogens (tertiary/aromatic N) is 5. The molecule has 214 valence electrons. The largest absolute Gasteiger partial charge is 0.378 e. The van der Waals surface area contributed by atoms with Gasteiger partial charge in [-0.1, -0.05) is 36.4 Å². The minimum atomic E-state index is -0.382. The van der Waals surface area contributed by atoms with Crippen LogP contribution >= 0.6 is 11.8 Å². The molecule has 2 aromatic heterocycles. The summed E-state index contributed by atoms with van der Waals surface area (Å²) >= 11 is 0.892. The lowest BCUT2D eigenvalue weighted by molar-refractivity contribution is -0.115. The van der Waals surface area contributed by atoms with Crippen LogP contribution in [0, 0.1) is 5.92 Å². The van der Waals surface area contributed by atoms with Gasteiger partial charge in [0.1, 0.15) is 0 Å². The summed E-state index contributed by atoms with van der Waals surface area (Å²) in [5.74, 6) is 0.811. The van der Waals surface area contributed by atoms with Crippen molar-refractivity contribution in [3.05, 3.63) is 83.2 Å². The summed E-state index contributed by atoms with van der Waals surface area (Å²) in [4.78, 5) is 42.2. The minimum Gasteiger partial charge on any atom is -0.378 e. The van der Waals surface area contributed by atoms with Crippen molar-refractivity contribution in [3.8, 4) is 11.3 Å². The van der Waals surface area contributed by atoms with Gasteiger partial charge in [-0.15, -0.1) is 0 Å². The van der Waals surface area contributed by atoms with Crippen LogP contribution in [0.25, 0.3) is 28.1 Å². The first-order valence-electron chi connectivity index (χ1n) is 14.1. The van der Waals surface area contributed by atoms with Gasteiger partial charge in [-0.3, -0.25) is 19.9 Å². The SMILES string of the molecule is CN(C)c1cccc(-c2cc3ccccc3c(CNCC3CCN(c4nccc(C=C5SC(=O)NC5=O)n4)CC3)n2)c1. The van der Waals surface area contributed by atoms with E-state index in [1.807, 2.05) is 0 Å². The summed E-state index contributed by atoms with van der Waals surface area (Å²) < 4.78 is 0. The van der Waals surface area contributed by atoms with Gasteiger partial charge in [0.15, 0.2) is 0 Å². The molecule has 2 fully saturated rings. The molecule has 0 aliphatic carbocycles. The Balaban J connectivity index is 1.08. The quantitative estimate of drug-likeness (QED) is 0.276. The van der Waals surface area contributed by atoms with E-state index in [1.54, 1.807) is 18.3 Å². The fourth-order valence-electron chi connectivity index (χ4n) is 5.38. The summed E-state index contributed by atoms with van der Waals surface area (Å²) in [6, 6.07) is 20.9. The first-order valence-corrected chi connectivity index (χ1v) is 14.9. The highest BCUT2D eigenvalue weighted by Crippen LogP contribution is 2.28. The molecule has 2 saturated heterocycles. The van der Waals surface area contributed by atoms with Crippen LogP contribution in [0.5, 0.6) is 0 Å². The third-order valence-electron chi connectivity index (χ3n) is 7.69. The number of thioether (sulfide) groups is 1. The van der Waals surface area contributed by atoms with Crippen molar-refractivity contribution in [3.63, 3.8) is 0 Å². The molecule has 2 N–H and O–H groups in total. The van der Waals surface area contributed by atoms with Crippen molar-refractivity contribution in [2.45, 2.75) is 19.4 Å². The van der Waals surface area contributed by atoms with Crippen molar-refractivity contribution in [1.29, 1.82) is 0 Å². The molecule has 2 aromatic carbocycles. The zero-order chi connectivity index (χ0) is 29.1. The second-order valence-electron chi connectivity index (χ2n) is 10.8. The summed E-state index contributed by atoms with van der Waals surface area (Å²) in [5, 5.41) is 7.97. The van der Waals surface area contributed by atoms with E-state index < -0.39 is 0 Å². The van der Waals surface area contributed by atoms with E-state index in [1.165, 1.54) is 10.8 Å². The molecule has 0 saturated carbocycles. The van der Waals surface area contributed by atoms with Gasteiger partial charge in [0, 0.05) is 56.6 Å². The average Bonchev–Trinajstić information content (AvgIpc) is 3.33. The standard InChI is InChI=1S/C32H33N7O2S/c1-38(2)25-8-5-7-23(16-25)27-17-22-6-3-4-9-26(22)28(36-27)20-33-19-21-11-14-39(15-12-21)31-34-13-10-24(35-31)18-29-30(40)37-32(41)42-29/h3-10,13,16-18,21,33H,11-12,14-15,19-20H2,1-2H3,(H,37,40,41). The van der Waals surface area contributed by atoms with Crippen LogP contribution < -0.4 is 20.4 Å². The number of pyridine rings is 1. The molecule has 0 bridgehead atoms. The van der Waals surface area contributed by atoms with E-state index in [4.69, 9.17) is 4.98 Å². The Morgan fingerprint density at radius 3 is 2.67 bits per heavy atom. The number of hydrogen-bond acceptors (Lipinski definition) is 9. The lowest BCUT2D eigenvalue weighted by atomic mass is 9.97. The number of anilines is 2. The Labute approximate surface area is 249 Å². The van der Waals surface area contributed by atoms with E-state index in [2.05, 4.69) is 99.1 Å². The third kappa shape index (κ3) is 6.29. The number of hydrogen-bond donors (Lipinski definition) is 2. The van der Waals surface area contributed by atoms with Crippen LogP contribution in [0.3, 0.4) is 0 Å². The summed E-state index contributed by atoms with van der Waals surface area (Å²) in [6.45, 7) is 3.34. The van der Waals surface area contributed by atoms with Crippen LogP contribution in [-0.4, -0.2) is 59.8 Å². The van der Waals surface area contributed by atoms with Crippen LogP contribution in [0.2, 0.25) is 0 Å². The molecule has 0 unspecified atom stereocenters. The molecule has 4 heterocycles. The van der Waals surface area contributed by atoms with Crippen LogP contribution in [0.1, 0.15) is 24.2 Å². The molecule has 0 atom stereocenters. The normalized spacial score (nSPS) is 16.8. The van der Waals surface area contributed by atoms with Gasteiger partial charge in [-0.2, -0.15) is 0 Å². The zero-order valence-corrected chi connectivity index (χ0v) is 24.5. The maximum Gasteiger partial charge on any atom is 0.290 e. The second kappa shape index (κ2) is 12.3. The predicted molar refractivity (Wildman–Crippen MR) is 169 cm³/mol. The molecule has 0 radical (unpaired) electrons. The first kappa shape index (κ1) is 27.9. The molecular weight excluding hydrogens is 546 g/mol. The van der Waals surface area contributed by atoms with E-state index >= 15 is 0 Å². The monoisotopic (exact) mass is 579 g/mol. The van der Waals surface area contributed by atoms with Gasteiger partial charge in [0.2, 0.25) is 5.95 Å². The van der Waals surface area contributed by atoms with Crippen molar-refractivity contribution >= 4 is 51.4 Å². The molecule has 10 heteroatoms. The lowest BCUT2D eigenvalue weighted by Crippen LogP contribution is -2.38. The van der Waals surface area contributed by atoms with Gasteiger partial charge in [0.05, 0.1) is 22.0 Å². The Kier molecular flexibility index (Phi) is 8.16. The van der Waals surface area contributed by atoms with Crippen molar-refractivity contribution in [2.75, 3.05) is 43.5 Å². The summed E-state index contributed by atoms with van der Waals surface area (Å²) in [7, 11) is 4.10.